The molecule has 2 N–H and O–H groups in total. The van der Waals surface area contributed by atoms with Gasteiger partial charge in [-0.05, 0) is 75.9 Å². The molecule has 0 spiro atoms. The summed E-state index contributed by atoms with van der Waals surface area (Å²) in [5, 5.41) is 14.3. The number of rotatable bonds is 5. The largest absolute Gasteiger partial charge is 0.385 e. The van der Waals surface area contributed by atoms with Crippen LogP contribution in [0, 0.1) is 0 Å². The van der Waals surface area contributed by atoms with E-state index in [0.29, 0.717) is 13.0 Å². The van der Waals surface area contributed by atoms with Crippen LogP contribution in [0.1, 0.15) is 44.2 Å². The lowest BCUT2D eigenvalue weighted by Gasteiger charge is -2.44. The second-order valence-electron chi connectivity index (χ2n) is 11.1. The Morgan fingerprint density at radius 3 is 2.32 bits per heavy atom. The fourth-order valence-corrected chi connectivity index (χ4v) is 5.61. The molecule has 2 heterocycles. The van der Waals surface area contributed by atoms with Crippen LogP contribution >= 0.6 is 0 Å². The van der Waals surface area contributed by atoms with Crippen molar-refractivity contribution in [2.75, 3.05) is 49.6 Å². The normalized spacial score (nSPS) is 24.7. The first kappa shape index (κ1) is 23.3. The van der Waals surface area contributed by atoms with Crippen molar-refractivity contribution in [3.63, 3.8) is 0 Å². The highest BCUT2D eigenvalue weighted by Gasteiger charge is 2.40. The quantitative estimate of drug-likeness (QED) is 0.715. The summed E-state index contributed by atoms with van der Waals surface area (Å²) in [6.07, 6.45) is 3.38. The van der Waals surface area contributed by atoms with Crippen molar-refractivity contribution >= 4 is 17.3 Å². The average Bonchev–Trinajstić information content (AvgIpc) is 2.80. The molecule has 0 radical (unpaired) electrons. The van der Waals surface area contributed by atoms with Crippen molar-refractivity contribution in [2.24, 2.45) is 0 Å². The van der Waals surface area contributed by atoms with Crippen molar-refractivity contribution in [2.45, 2.75) is 56.7 Å². The average molecular weight is 463 g/mol. The highest BCUT2D eigenvalue weighted by Crippen LogP contribution is 2.41. The molecule has 0 aromatic heterocycles. The van der Waals surface area contributed by atoms with Crippen molar-refractivity contribution < 1.29 is 9.90 Å². The SMILES string of the molecule is CN1CCN(c2ccccc2CC2NC(C)(C)CN(c3ccc(C4(O)CCC4)cc3)C2=O)CC1. The van der Waals surface area contributed by atoms with Crippen molar-refractivity contribution in [3.8, 4) is 0 Å². The zero-order valence-corrected chi connectivity index (χ0v) is 20.8. The van der Waals surface area contributed by atoms with Gasteiger partial charge in [0, 0.05) is 49.6 Å². The van der Waals surface area contributed by atoms with Crippen LogP contribution in [-0.2, 0) is 16.8 Å². The Labute approximate surface area is 203 Å². The second-order valence-corrected chi connectivity index (χ2v) is 11.1. The molecule has 1 saturated carbocycles. The number of piperazine rings is 2. The van der Waals surface area contributed by atoms with Crippen LogP contribution in [0.3, 0.4) is 0 Å². The smallest absolute Gasteiger partial charge is 0.244 e. The van der Waals surface area contributed by atoms with Gasteiger partial charge in [0.15, 0.2) is 0 Å². The van der Waals surface area contributed by atoms with Crippen molar-refractivity contribution in [3.05, 3.63) is 59.7 Å². The van der Waals surface area contributed by atoms with Gasteiger partial charge in [-0.15, -0.1) is 0 Å². The van der Waals surface area contributed by atoms with E-state index in [0.717, 1.165) is 56.7 Å². The Bertz CT molecular complexity index is 1020. The van der Waals surface area contributed by atoms with Gasteiger partial charge in [0.2, 0.25) is 5.91 Å². The monoisotopic (exact) mass is 462 g/mol. The molecule has 1 aliphatic carbocycles. The van der Waals surface area contributed by atoms with E-state index in [-0.39, 0.29) is 17.5 Å². The number of anilines is 2. The van der Waals surface area contributed by atoms with Crippen LogP contribution in [-0.4, -0.2) is 67.3 Å². The number of carbonyl (C=O) groups is 1. The summed E-state index contributed by atoms with van der Waals surface area (Å²) in [4.78, 5) is 20.4. The number of para-hydroxylation sites is 1. The number of benzene rings is 2. The van der Waals surface area contributed by atoms with Crippen LogP contribution < -0.4 is 15.1 Å². The molecule has 2 aliphatic heterocycles. The minimum Gasteiger partial charge on any atom is -0.385 e. The number of aliphatic hydroxyl groups is 1. The van der Waals surface area contributed by atoms with Crippen LogP contribution in [0.4, 0.5) is 11.4 Å². The molecular weight excluding hydrogens is 424 g/mol. The van der Waals surface area contributed by atoms with Gasteiger partial charge in [-0.1, -0.05) is 30.3 Å². The lowest BCUT2D eigenvalue weighted by atomic mass is 9.75. The van der Waals surface area contributed by atoms with Crippen molar-refractivity contribution in [1.29, 1.82) is 0 Å². The van der Waals surface area contributed by atoms with Crippen molar-refractivity contribution in [1.82, 2.24) is 10.2 Å². The molecule has 6 nitrogen and oxygen atoms in total. The second kappa shape index (κ2) is 8.99. The van der Waals surface area contributed by atoms with Gasteiger partial charge < -0.3 is 19.8 Å². The lowest BCUT2D eigenvalue weighted by molar-refractivity contribution is -0.122. The third-order valence-corrected chi connectivity index (χ3v) is 7.84. The number of hydrogen-bond acceptors (Lipinski definition) is 5. The topological polar surface area (TPSA) is 59.1 Å². The van der Waals surface area contributed by atoms with Crippen LogP contribution in [0.5, 0.6) is 0 Å². The molecule has 6 heteroatoms. The van der Waals surface area contributed by atoms with E-state index >= 15 is 0 Å². The molecule has 2 aromatic rings. The molecule has 3 fully saturated rings. The first-order valence-corrected chi connectivity index (χ1v) is 12.7. The van der Waals surface area contributed by atoms with Gasteiger partial charge in [0.25, 0.3) is 0 Å². The fraction of sp³-hybridized carbons (Fsp3) is 0.536. The maximum absolute atomic E-state index is 13.7. The Morgan fingerprint density at radius 1 is 1.00 bits per heavy atom. The van der Waals surface area contributed by atoms with E-state index < -0.39 is 5.60 Å². The van der Waals surface area contributed by atoms with E-state index in [2.05, 4.69) is 60.3 Å². The maximum Gasteiger partial charge on any atom is 0.244 e. The van der Waals surface area contributed by atoms with E-state index in [9.17, 15) is 9.90 Å². The Hall–Kier alpha value is -2.41. The highest BCUT2D eigenvalue weighted by molar-refractivity contribution is 5.98. The van der Waals surface area contributed by atoms with Gasteiger partial charge in [-0.2, -0.15) is 0 Å². The van der Waals surface area contributed by atoms with Gasteiger partial charge in [0.1, 0.15) is 0 Å². The minimum absolute atomic E-state index is 0.114. The number of amides is 1. The Kier molecular flexibility index (Phi) is 6.17. The summed E-state index contributed by atoms with van der Waals surface area (Å²) in [5.74, 6) is 0.114. The summed E-state index contributed by atoms with van der Waals surface area (Å²) in [6, 6.07) is 16.2. The predicted molar refractivity (Wildman–Crippen MR) is 137 cm³/mol. The van der Waals surface area contributed by atoms with E-state index in [1.54, 1.807) is 0 Å². The lowest BCUT2D eigenvalue weighted by Crippen LogP contribution is -2.65. The molecule has 5 rings (SSSR count). The standard InChI is InChI=1S/C28H38N4O2/c1-27(2)20-32(23-11-9-22(10-12-23)28(34)13-6-14-28)26(33)24(29-27)19-21-7-4-5-8-25(21)31-17-15-30(3)16-18-31/h4-5,7-12,24,29,34H,6,13-20H2,1-3H3. The Balaban J connectivity index is 1.36. The number of hydrogen-bond donors (Lipinski definition) is 2. The summed E-state index contributed by atoms with van der Waals surface area (Å²) < 4.78 is 0. The predicted octanol–water partition coefficient (Wildman–Crippen LogP) is 3.14. The fourth-order valence-electron chi connectivity index (χ4n) is 5.61. The van der Waals surface area contributed by atoms with Gasteiger partial charge >= 0.3 is 0 Å². The molecule has 0 bridgehead atoms. The van der Waals surface area contributed by atoms with E-state index in [4.69, 9.17) is 0 Å². The van der Waals surface area contributed by atoms with Gasteiger partial charge in [0.05, 0.1) is 11.6 Å². The first-order chi connectivity index (χ1) is 16.2. The molecule has 2 saturated heterocycles. The third kappa shape index (κ3) is 4.59. The molecular formula is C28H38N4O2. The van der Waals surface area contributed by atoms with Crippen LogP contribution in [0.25, 0.3) is 0 Å². The number of likely N-dealkylation sites (N-methyl/N-ethyl adjacent to an activating group) is 1. The van der Waals surface area contributed by atoms with E-state index in [1.165, 1.54) is 11.3 Å². The molecule has 3 aliphatic rings. The zero-order valence-electron chi connectivity index (χ0n) is 20.8. The summed E-state index contributed by atoms with van der Waals surface area (Å²) in [7, 11) is 2.17. The first-order valence-electron chi connectivity index (χ1n) is 12.7. The highest BCUT2D eigenvalue weighted by atomic mass is 16.3. The summed E-state index contributed by atoms with van der Waals surface area (Å²) in [5.41, 5.74) is 3.45. The summed E-state index contributed by atoms with van der Waals surface area (Å²) >= 11 is 0. The minimum atomic E-state index is -0.680. The maximum atomic E-state index is 13.7. The number of nitrogens with zero attached hydrogens (tertiary/aromatic N) is 3. The third-order valence-electron chi connectivity index (χ3n) is 7.84. The summed E-state index contributed by atoms with van der Waals surface area (Å²) in [6.45, 7) is 9.08. The van der Waals surface area contributed by atoms with Crippen LogP contribution in [0.2, 0.25) is 0 Å². The molecule has 182 valence electrons. The Morgan fingerprint density at radius 2 is 1.68 bits per heavy atom. The zero-order chi connectivity index (χ0) is 23.9. The number of nitrogens with one attached hydrogen (secondary N) is 1. The molecule has 1 atom stereocenters. The molecule has 1 amide bonds. The molecule has 1 unspecified atom stereocenters. The number of carbonyl (C=O) groups excluding carboxylic acids is 1. The van der Waals surface area contributed by atoms with E-state index in [1.807, 2.05) is 29.2 Å². The van der Waals surface area contributed by atoms with Crippen LogP contribution in [0.15, 0.2) is 48.5 Å². The molecule has 2 aromatic carbocycles. The van der Waals surface area contributed by atoms with Gasteiger partial charge in [-0.25, -0.2) is 0 Å². The van der Waals surface area contributed by atoms with Gasteiger partial charge in [-0.3, -0.25) is 10.1 Å². The molecule has 34 heavy (non-hydrogen) atoms.